The van der Waals surface area contributed by atoms with Crippen molar-refractivity contribution in [1.82, 2.24) is 94.3 Å². The zero-order valence-corrected chi connectivity index (χ0v) is 69.0. The molecule has 5 aliphatic heterocycles. The first-order valence-electron chi connectivity index (χ1n) is 40.7. The molecule has 5 saturated heterocycles. The van der Waals surface area contributed by atoms with Gasteiger partial charge in [-0.2, -0.15) is 30.0 Å². The van der Waals surface area contributed by atoms with E-state index in [-0.39, 0.29) is 25.0 Å². The lowest BCUT2D eigenvalue weighted by Crippen LogP contribution is -2.53. The first-order chi connectivity index (χ1) is 59.1. The molecule has 34 nitrogen and oxygen atoms in total. The zero-order chi connectivity index (χ0) is 83.4. The highest BCUT2D eigenvalue weighted by Gasteiger charge is 2.30. The molecule has 9 N–H and O–H groups in total. The zero-order valence-electron chi connectivity index (χ0n) is 68.2. The van der Waals surface area contributed by atoms with E-state index in [0.717, 1.165) is 110 Å². The van der Waals surface area contributed by atoms with Gasteiger partial charge in [0.2, 0.25) is 53.5 Å². The lowest BCUT2D eigenvalue weighted by atomic mass is 10.1. The van der Waals surface area contributed by atoms with Crippen molar-refractivity contribution in [3.05, 3.63) is 217 Å². The molecule has 5 aromatic carbocycles. The maximum Gasteiger partial charge on any atom is 0.232 e. The minimum Gasteiger partial charge on any atom is -0.492 e. The summed E-state index contributed by atoms with van der Waals surface area (Å²) in [5.41, 5.74) is 20.1. The van der Waals surface area contributed by atoms with Crippen molar-refractivity contribution in [1.29, 1.82) is 0 Å². The summed E-state index contributed by atoms with van der Waals surface area (Å²) in [5.74, 6) is 7.65. The number of likely N-dealkylation sites (tertiary alicyclic amines) is 2. The number of hydrogen-bond donors (Lipinski definition) is 7. The highest BCUT2D eigenvalue weighted by molar-refractivity contribution is 7.99. The monoisotopic (exact) mass is 1660 g/mol. The van der Waals surface area contributed by atoms with E-state index in [4.69, 9.17) is 26.0 Å². The first-order valence-corrected chi connectivity index (χ1v) is 41.6. The van der Waals surface area contributed by atoms with Gasteiger partial charge in [-0.1, -0.05) is 84.6 Å². The van der Waals surface area contributed by atoms with E-state index in [2.05, 4.69) is 180 Å². The summed E-state index contributed by atoms with van der Waals surface area (Å²) < 4.78 is 27.6. The van der Waals surface area contributed by atoms with Crippen LogP contribution in [0.4, 0.5) is 86.6 Å². The fraction of sp³-hybridized carbons (Fsp3) is 0.365. The van der Waals surface area contributed by atoms with Crippen LogP contribution in [0.5, 0.6) is 11.5 Å². The lowest BCUT2D eigenvalue weighted by molar-refractivity contribution is 0.0777. The van der Waals surface area contributed by atoms with E-state index < -0.39 is 6.10 Å². The van der Waals surface area contributed by atoms with Crippen LogP contribution in [0, 0.1) is 12.7 Å². The second-order valence-corrected chi connectivity index (χ2v) is 31.4. The predicted molar refractivity (Wildman–Crippen MR) is 466 cm³/mol. The van der Waals surface area contributed by atoms with Crippen LogP contribution in [0.2, 0.25) is 0 Å². The van der Waals surface area contributed by atoms with E-state index >= 15 is 0 Å². The molecule has 12 aromatic rings. The number of benzene rings is 5. The molecule has 0 spiro atoms. The molecule has 17 rings (SSSR count). The van der Waals surface area contributed by atoms with E-state index in [0.29, 0.717) is 134 Å². The summed E-state index contributed by atoms with van der Waals surface area (Å²) in [7, 11) is 4.32. The third-order valence-electron chi connectivity index (χ3n) is 21.9. The van der Waals surface area contributed by atoms with Gasteiger partial charge < -0.3 is 86.3 Å². The Morgan fingerprint density at radius 3 is 1.36 bits per heavy atom. The van der Waals surface area contributed by atoms with Crippen molar-refractivity contribution < 1.29 is 24.1 Å². The third kappa shape index (κ3) is 22.3. The van der Waals surface area contributed by atoms with Crippen molar-refractivity contribution in [2.75, 3.05) is 176 Å². The molecule has 0 amide bonds. The molecule has 5 fully saturated rings. The van der Waals surface area contributed by atoms with Crippen LogP contribution >= 0.6 is 11.8 Å². The fourth-order valence-electron chi connectivity index (χ4n) is 14.8. The molecule has 36 heteroatoms. The van der Waals surface area contributed by atoms with Gasteiger partial charge in [-0.25, -0.2) is 54.2 Å². The van der Waals surface area contributed by atoms with Crippen LogP contribution < -0.4 is 66.3 Å². The number of hydrogen-bond acceptors (Lipinski definition) is 34. The Labute approximate surface area is 706 Å². The molecular weight excluding hydrogens is 1560 g/mol. The van der Waals surface area contributed by atoms with E-state index in [1.165, 1.54) is 61.0 Å². The summed E-state index contributed by atoms with van der Waals surface area (Å²) in [5, 5.41) is 32.8. The molecule has 0 saturated carbocycles. The number of nitrogens with two attached hydrogens (primary N) is 2. The van der Waals surface area contributed by atoms with E-state index in [9.17, 15) is 9.50 Å². The number of anilines is 14. The first kappa shape index (κ1) is 83.2. The Morgan fingerprint density at radius 2 is 0.917 bits per heavy atom. The molecule has 0 bridgehead atoms. The molecule has 7 aromatic heterocycles. The largest absolute Gasteiger partial charge is 0.492 e. The molecule has 628 valence electrons. The van der Waals surface area contributed by atoms with Crippen LogP contribution in [-0.4, -0.2) is 248 Å². The Morgan fingerprint density at radius 1 is 0.488 bits per heavy atom. The van der Waals surface area contributed by atoms with Crippen molar-refractivity contribution in [2.45, 2.75) is 92.9 Å². The summed E-state index contributed by atoms with van der Waals surface area (Å²) in [4.78, 5) is 86.3. The molecule has 5 aliphatic rings. The van der Waals surface area contributed by atoms with Crippen LogP contribution in [0.25, 0.3) is 0 Å². The van der Waals surface area contributed by atoms with Gasteiger partial charge in [0.05, 0.1) is 36.8 Å². The minimum atomic E-state index is -0.887. The van der Waals surface area contributed by atoms with Crippen LogP contribution in [0.3, 0.4) is 0 Å². The standard InChI is InChI=1S/2C30H36N10O.C25H29FN10O2S/c2*1-38-13-5-8-25(38)20-41-26-11-9-24(10-12-26)35-28-33-21-34-30(37-28)40-16-14-39(15-17-40)29-32-19-23(27(31)36-29)18-22-6-3-2-4-7-22;1-16-12-34(7-8-35(16)24-27-9-19(10-28-24)39-22-6-4-3-5-20(22)26)25-30-15-29-23(33-25)32-21-11-31-36(17(21)2)13-18(38)14-37/h2*2-4,6-7,9-12,19,21,25H,5,8,13-18,20H2,1H3,(H2,31,32,36)(H,33,34,35,37);3-6,9-11,15-16,18,37-38H,7-8,12-14H2,1-2H3,(H,29,30,32,33)/t2*25-;16-,18+/m101/s1. The minimum absolute atomic E-state index is 0.0930. The van der Waals surface area contributed by atoms with Crippen LogP contribution in [-0.2, 0) is 19.4 Å². The second-order valence-electron chi connectivity index (χ2n) is 30.3. The molecule has 0 unspecified atom stereocenters. The highest BCUT2D eigenvalue weighted by atomic mass is 32.2. The maximum atomic E-state index is 14.0. The van der Waals surface area contributed by atoms with Crippen molar-refractivity contribution in [3.8, 4) is 11.5 Å². The number of nitrogens with one attached hydrogen (secondary N) is 3. The second kappa shape index (κ2) is 40.2. The fourth-order valence-corrected chi connectivity index (χ4v) is 15.5. The molecule has 0 aliphatic carbocycles. The smallest absolute Gasteiger partial charge is 0.232 e. The van der Waals surface area contributed by atoms with Gasteiger partial charge in [0, 0.05) is 160 Å². The van der Waals surface area contributed by atoms with Gasteiger partial charge in [-0.3, -0.25) is 4.68 Å². The number of aromatic nitrogens is 17. The average Bonchev–Trinajstić information content (AvgIpc) is 1.36. The highest BCUT2D eigenvalue weighted by Crippen LogP contribution is 2.32. The SMILES string of the molecule is CN1CCC[C@@H]1COc1ccc(Nc2ncnc(N3CCN(c4ncc(Cc5ccccc5)c(N)n4)CC3)n2)cc1.CN1CCC[C@H]1COc1ccc(Nc2ncnc(N3CCN(c4ncc(Cc5ccccc5)c(N)n4)CC3)n2)cc1.Cc1c(Nc2ncnc(N3CCN(c4ncc(Sc5ccccc5F)cn4)[C@H](C)C3)n2)cnn1C[C@H](O)CO. The van der Waals surface area contributed by atoms with Crippen LogP contribution in [0.1, 0.15) is 60.6 Å². The van der Waals surface area contributed by atoms with E-state index in [1.807, 2.05) is 104 Å². The lowest BCUT2D eigenvalue weighted by Gasteiger charge is -2.39. The summed E-state index contributed by atoms with van der Waals surface area (Å²) in [6, 6.07) is 44.0. The molecule has 0 radical (unpaired) electrons. The van der Waals surface area contributed by atoms with Gasteiger partial charge in [0.1, 0.15) is 61.1 Å². The van der Waals surface area contributed by atoms with E-state index in [1.54, 1.807) is 54.1 Å². The number of piperazine rings is 3. The molecule has 12 heterocycles. The number of ether oxygens (including phenoxy) is 2. The molecule has 4 atom stereocenters. The Balaban J connectivity index is 0.000000141. The van der Waals surface area contributed by atoms with Gasteiger partial charge in [-0.05, 0) is 139 Å². The summed E-state index contributed by atoms with van der Waals surface area (Å²) >= 11 is 1.29. The quantitative estimate of drug-likeness (QED) is 0.0252. The van der Waals surface area contributed by atoms with Gasteiger partial charge in [0.25, 0.3) is 0 Å². The van der Waals surface area contributed by atoms with Gasteiger partial charge in [0.15, 0.2) is 0 Å². The van der Waals surface area contributed by atoms with Gasteiger partial charge in [-0.15, -0.1) is 0 Å². The third-order valence-corrected chi connectivity index (χ3v) is 22.9. The number of aliphatic hydroxyl groups is 2. The molecular formula is C85H101FN30O4S. The van der Waals surface area contributed by atoms with Crippen molar-refractivity contribution in [3.63, 3.8) is 0 Å². The average molecular weight is 1660 g/mol. The van der Waals surface area contributed by atoms with Crippen molar-refractivity contribution >= 4 is 94.0 Å². The normalized spacial score (nSPS) is 17.2. The summed E-state index contributed by atoms with van der Waals surface area (Å²) in [6.07, 6.45) is 18.7. The van der Waals surface area contributed by atoms with Gasteiger partial charge >= 0.3 is 0 Å². The number of nitrogens with zero attached hydrogens (tertiary/aromatic N) is 25. The number of halogens is 1. The molecule has 121 heavy (non-hydrogen) atoms. The summed E-state index contributed by atoms with van der Waals surface area (Å²) in [6.45, 7) is 15.4. The topological polar surface area (TPSA) is 384 Å². The number of rotatable bonds is 27. The Hall–Kier alpha value is -12.9. The predicted octanol–water partition coefficient (Wildman–Crippen LogP) is 9.02. The number of aliphatic hydroxyl groups excluding tert-OH is 2. The van der Waals surface area contributed by atoms with Crippen LogP contribution in [0.15, 0.2) is 193 Å². The van der Waals surface area contributed by atoms with Crippen molar-refractivity contribution in [2.24, 2.45) is 0 Å². The Bertz CT molecular complexity index is 5080. The number of likely N-dealkylation sites (N-methyl/N-ethyl adjacent to an activating group) is 2. The maximum absolute atomic E-state index is 14.0. The Kier molecular flexibility index (Phi) is 27.7. The number of nitrogen functional groups attached to an aromatic ring is 2.